The number of hydrogen-bond donors (Lipinski definition) is 1. The SMILES string of the molecule is C[C@@H](c1ccc(-c2nc([C@@H]3CC[C@@H]4N(C3)C(=O)CC43CC3)n3ccnc(N)c23)cc1)c1cccc(C(F)F)c1. The van der Waals surface area contributed by atoms with Gasteiger partial charge in [-0.1, -0.05) is 49.4 Å². The topological polar surface area (TPSA) is 76.5 Å². The van der Waals surface area contributed by atoms with Crippen molar-refractivity contribution < 1.29 is 13.6 Å². The number of piperidine rings is 1. The van der Waals surface area contributed by atoms with E-state index in [1.165, 1.54) is 18.9 Å². The van der Waals surface area contributed by atoms with E-state index in [0.717, 1.165) is 46.6 Å². The van der Waals surface area contributed by atoms with E-state index in [1.807, 2.05) is 47.9 Å². The molecule has 4 aromatic rings. The molecule has 6 nitrogen and oxygen atoms in total. The third-order valence-corrected chi connectivity index (χ3v) is 9.33. The highest BCUT2D eigenvalue weighted by molar-refractivity contribution is 5.85. The van der Waals surface area contributed by atoms with Gasteiger partial charge in [0.25, 0.3) is 6.43 Å². The molecule has 0 unspecified atom stereocenters. The van der Waals surface area contributed by atoms with Crippen molar-refractivity contribution in [2.75, 3.05) is 12.3 Å². The summed E-state index contributed by atoms with van der Waals surface area (Å²) < 4.78 is 28.5. The Balaban J connectivity index is 1.21. The predicted molar refractivity (Wildman–Crippen MR) is 146 cm³/mol. The zero-order valence-corrected chi connectivity index (χ0v) is 21.9. The smallest absolute Gasteiger partial charge is 0.263 e. The van der Waals surface area contributed by atoms with E-state index in [0.29, 0.717) is 24.8 Å². The lowest BCUT2D eigenvalue weighted by molar-refractivity contribution is -0.130. The van der Waals surface area contributed by atoms with Crippen molar-refractivity contribution in [3.05, 3.63) is 83.4 Å². The van der Waals surface area contributed by atoms with Crippen LogP contribution in [0, 0.1) is 5.41 Å². The van der Waals surface area contributed by atoms with Crippen LogP contribution in [0.1, 0.15) is 79.8 Å². The molecule has 1 spiro atoms. The highest BCUT2D eigenvalue weighted by Crippen LogP contribution is 2.60. The number of carbonyl (C=O) groups is 1. The minimum absolute atomic E-state index is 0.0351. The molecule has 3 fully saturated rings. The number of imidazole rings is 1. The lowest BCUT2D eigenvalue weighted by Crippen LogP contribution is -2.43. The molecule has 1 saturated carbocycles. The lowest BCUT2D eigenvalue weighted by atomic mass is 9.86. The second-order valence-corrected chi connectivity index (χ2v) is 11.5. The van der Waals surface area contributed by atoms with E-state index in [-0.39, 0.29) is 28.7 Å². The van der Waals surface area contributed by atoms with Gasteiger partial charge in [0.15, 0.2) is 0 Å². The van der Waals surface area contributed by atoms with Crippen molar-refractivity contribution in [3.63, 3.8) is 0 Å². The van der Waals surface area contributed by atoms with Gasteiger partial charge in [-0.05, 0) is 48.3 Å². The van der Waals surface area contributed by atoms with E-state index in [2.05, 4.69) is 9.88 Å². The molecular formula is C31H31F2N5O. The largest absolute Gasteiger partial charge is 0.382 e. The number of hydrogen-bond acceptors (Lipinski definition) is 4. The Bertz CT molecular complexity index is 1580. The summed E-state index contributed by atoms with van der Waals surface area (Å²) in [5.41, 5.74) is 11.0. The third-order valence-electron chi connectivity index (χ3n) is 9.33. The van der Waals surface area contributed by atoms with E-state index < -0.39 is 6.43 Å². The van der Waals surface area contributed by atoms with Crippen LogP contribution in [0.2, 0.25) is 0 Å². The fourth-order valence-electron chi connectivity index (χ4n) is 6.95. The number of nitrogen functional groups attached to an aromatic ring is 1. The van der Waals surface area contributed by atoms with Gasteiger partial charge in [0.05, 0.1) is 0 Å². The van der Waals surface area contributed by atoms with Crippen LogP contribution >= 0.6 is 0 Å². The number of aromatic nitrogens is 3. The van der Waals surface area contributed by atoms with Crippen LogP contribution in [-0.4, -0.2) is 37.8 Å². The minimum Gasteiger partial charge on any atom is -0.382 e. The molecule has 4 heterocycles. The zero-order chi connectivity index (χ0) is 26.9. The van der Waals surface area contributed by atoms with Gasteiger partial charge in [-0.15, -0.1) is 0 Å². The Labute approximate surface area is 225 Å². The van der Waals surface area contributed by atoms with Crippen LogP contribution in [0.4, 0.5) is 14.6 Å². The van der Waals surface area contributed by atoms with E-state index in [1.54, 1.807) is 18.3 Å². The number of carbonyl (C=O) groups excluding carboxylic acids is 1. The van der Waals surface area contributed by atoms with Crippen molar-refractivity contribution in [1.29, 1.82) is 0 Å². The second-order valence-electron chi connectivity index (χ2n) is 11.5. The summed E-state index contributed by atoms with van der Waals surface area (Å²) >= 11 is 0. The Morgan fingerprint density at radius 3 is 2.56 bits per heavy atom. The normalized spacial score (nSPS) is 22.6. The highest BCUT2D eigenvalue weighted by Gasteiger charge is 2.60. The van der Waals surface area contributed by atoms with Gasteiger partial charge in [0.1, 0.15) is 22.9 Å². The van der Waals surface area contributed by atoms with Crippen molar-refractivity contribution in [2.24, 2.45) is 5.41 Å². The summed E-state index contributed by atoms with van der Waals surface area (Å²) in [4.78, 5) is 24.4. The van der Waals surface area contributed by atoms with Gasteiger partial charge < -0.3 is 10.6 Å². The van der Waals surface area contributed by atoms with Gasteiger partial charge in [0, 0.05) is 54.4 Å². The average molecular weight is 528 g/mol. The quantitative estimate of drug-likeness (QED) is 0.329. The molecule has 2 N–H and O–H groups in total. The maximum atomic E-state index is 13.2. The predicted octanol–water partition coefficient (Wildman–Crippen LogP) is 6.33. The highest BCUT2D eigenvalue weighted by atomic mass is 19.3. The number of nitrogens with two attached hydrogens (primary N) is 1. The van der Waals surface area contributed by atoms with Crippen LogP contribution in [0.3, 0.4) is 0 Å². The van der Waals surface area contributed by atoms with Crippen molar-refractivity contribution in [1.82, 2.24) is 19.3 Å². The number of halogens is 2. The molecule has 2 aromatic carbocycles. The van der Waals surface area contributed by atoms with Crippen LogP contribution in [0.25, 0.3) is 16.8 Å². The summed E-state index contributed by atoms with van der Waals surface area (Å²) in [7, 11) is 0. The first-order chi connectivity index (χ1) is 18.8. The Hall–Kier alpha value is -3.81. The number of anilines is 1. The maximum Gasteiger partial charge on any atom is 0.263 e. The van der Waals surface area contributed by atoms with Gasteiger partial charge in [-0.3, -0.25) is 9.20 Å². The number of amides is 1. The molecule has 7 rings (SSSR count). The summed E-state index contributed by atoms with van der Waals surface area (Å²) in [5, 5.41) is 0. The summed E-state index contributed by atoms with van der Waals surface area (Å²) in [6.07, 6.45) is 6.17. The third kappa shape index (κ3) is 3.91. The monoisotopic (exact) mass is 527 g/mol. The number of alkyl halides is 2. The summed E-state index contributed by atoms with van der Waals surface area (Å²) in [6, 6.07) is 15.1. The Kier molecular flexibility index (Phi) is 5.51. The Morgan fingerprint density at radius 2 is 1.82 bits per heavy atom. The van der Waals surface area contributed by atoms with Crippen LogP contribution < -0.4 is 5.73 Å². The van der Waals surface area contributed by atoms with Gasteiger partial charge in [-0.25, -0.2) is 18.7 Å². The maximum absolute atomic E-state index is 13.2. The molecule has 1 aliphatic carbocycles. The molecule has 39 heavy (non-hydrogen) atoms. The van der Waals surface area contributed by atoms with Crippen molar-refractivity contribution in [3.8, 4) is 11.3 Å². The first-order valence-electron chi connectivity index (χ1n) is 13.7. The fraction of sp³-hybridized carbons (Fsp3) is 0.387. The van der Waals surface area contributed by atoms with E-state index >= 15 is 0 Å². The molecule has 8 heteroatoms. The standard InChI is InChI=1S/C31H31F2N5O/c1-18(21-3-2-4-22(15-21)28(32)33)19-5-7-20(8-6-19)26-27-29(34)35-13-14-37(27)30(36-26)23-9-10-24-31(11-12-31)16-25(39)38(24)17-23/h2-8,13-15,18,23-24,28H,9-12,16-17H2,1H3,(H2,34,35)/t18-,23+,24-/m0/s1. The fourth-order valence-corrected chi connectivity index (χ4v) is 6.95. The van der Waals surface area contributed by atoms with E-state index in [9.17, 15) is 13.6 Å². The van der Waals surface area contributed by atoms with E-state index in [4.69, 9.17) is 10.7 Å². The molecule has 3 aliphatic rings. The van der Waals surface area contributed by atoms with Gasteiger partial charge in [-0.2, -0.15) is 0 Å². The molecule has 2 saturated heterocycles. The summed E-state index contributed by atoms with van der Waals surface area (Å²) in [6.45, 7) is 2.72. The molecule has 0 bridgehead atoms. The molecular weight excluding hydrogens is 496 g/mol. The second kappa shape index (κ2) is 8.86. The van der Waals surface area contributed by atoms with Gasteiger partial charge >= 0.3 is 0 Å². The molecule has 1 amide bonds. The number of rotatable bonds is 5. The molecule has 3 atom stereocenters. The number of fused-ring (bicyclic) bond motifs is 3. The lowest BCUT2D eigenvalue weighted by Gasteiger charge is -2.37. The average Bonchev–Trinajstić information content (AvgIpc) is 3.54. The van der Waals surface area contributed by atoms with Gasteiger partial charge in [0.2, 0.25) is 5.91 Å². The summed E-state index contributed by atoms with van der Waals surface area (Å²) in [5.74, 6) is 1.70. The van der Waals surface area contributed by atoms with Crippen LogP contribution in [0.5, 0.6) is 0 Å². The first kappa shape index (κ1) is 24.2. The number of nitrogens with zero attached hydrogens (tertiary/aromatic N) is 4. The van der Waals surface area contributed by atoms with Crippen LogP contribution in [-0.2, 0) is 4.79 Å². The molecule has 0 radical (unpaired) electrons. The molecule has 2 aliphatic heterocycles. The van der Waals surface area contributed by atoms with Crippen molar-refractivity contribution in [2.45, 2.75) is 63.3 Å². The Morgan fingerprint density at radius 1 is 1.05 bits per heavy atom. The van der Waals surface area contributed by atoms with Crippen molar-refractivity contribution >= 4 is 17.2 Å². The zero-order valence-electron chi connectivity index (χ0n) is 21.9. The molecule has 200 valence electrons. The minimum atomic E-state index is -2.49. The molecule has 2 aromatic heterocycles. The first-order valence-corrected chi connectivity index (χ1v) is 13.7. The van der Waals surface area contributed by atoms with Crippen LogP contribution in [0.15, 0.2) is 60.9 Å². The number of benzene rings is 2.